The van der Waals surface area contributed by atoms with Gasteiger partial charge in [0.25, 0.3) is 0 Å². The molecule has 2 heterocycles. The third-order valence-electron chi connectivity index (χ3n) is 4.43. The second-order valence-corrected chi connectivity index (χ2v) is 7.15. The van der Waals surface area contributed by atoms with Gasteiger partial charge in [0.1, 0.15) is 0 Å². The lowest BCUT2D eigenvalue weighted by Crippen LogP contribution is -2.45. The summed E-state index contributed by atoms with van der Waals surface area (Å²) in [4.78, 5) is 21.1. The average Bonchev–Trinajstić information content (AvgIpc) is 3.22. The Bertz CT molecular complexity index is 475. The highest BCUT2D eigenvalue weighted by molar-refractivity contribution is 7.09. The van der Waals surface area contributed by atoms with Crippen molar-refractivity contribution in [3.8, 4) is 0 Å². The number of aryl methyl sites for hydroxylation is 1. The molecule has 0 aromatic carbocycles. The molecule has 1 aliphatic carbocycles. The Hall–Kier alpha value is -0.940. The number of likely N-dealkylation sites (tertiary alicyclic amines) is 1. The summed E-state index contributed by atoms with van der Waals surface area (Å²) in [6, 6.07) is 0.441. The molecule has 5 heteroatoms. The van der Waals surface area contributed by atoms with Crippen LogP contribution in [0.5, 0.6) is 0 Å². The molecule has 3 rings (SSSR count). The van der Waals surface area contributed by atoms with Crippen LogP contribution in [0.25, 0.3) is 0 Å². The molecular weight excluding hydrogens is 270 g/mol. The maximum atomic E-state index is 12.1. The molecule has 1 amide bonds. The monoisotopic (exact) mass is 293 g/mol. The SMILES string of the molecule is Cc1nc(CN2CCC(N(C)C(=O)C3CC3)CC2)cs1. The van der Waals surface area contributed by atoms with Crippen LogP contribution in [0.15, 0.2) is 5.38 Å². The lowest BCUT2D eigenvalue weighted by Gasteiger charge is -2.36. The van der Waals surface area contributed by atoms with Gasteiger partial charge in [-0.25, -0.2) is 4.98 Å². The van der Waals surface area contributed by atoms with Gasteiger partial charge in [-0.05, 0) is 32.6 Å². The summed E-state index contributed by atoms with van der Waals surface area (Å²) in [5.74, 6) is 0.717. The van der Waals surface area contributed by atoms with Crippen molar-refractivity contribution in [2.75, 3.05) is 20.1 Å². The summed E-state index contributed by atoms with van der Waals surface area (Å²) in [6.45, 7) is 5.16. The van der Waals surface area contributed by atoms with E-state index in [0.29, 0.717) is 17.9 Å². The molecule has 2 fully saturated rings. The average molecular weight is 293 g/mol. The molecule has 1 saturated carbocycles. The van der Waals surface area contributed by atoms with Crippen molar-refractivity contribution in [1.82, 2.24) is 14.8 Å². The second-order valence-electron chi connectivity index (χ2n) is 6.09. The van der Waals surface area contributed by atoms with E-state index in [9.17, 15) is 4.79 Å². The van der Waals surface area contributed by atoms with Crippen LogP contribution in [0.3, 0.4) is 0 Å². The van der Waals surface area contributed by atoms with Gasteiger partial charge < -0.3 is 4.90 Å². The summed E-state index contributed by atoms with van der Waals surface area (Å²) in [5.41, 5.74) is 1.19. The van der Waals surface area contributed by atoms with Crippen molar-refractivity contribution in [3.63, 3.8) is 0 Å². The van der Waals surface area contributed by atoms with Gasteiger partial charge in [-0.3, -0.25) is 9.69 Å². The van der Waals surface area contributed by atoms with Gasteiger partial charge in [0.05, 0.1) is 10.7 Å². The van der Waals surface area contributed by atoms with E-state index in [1.807, 2.05) is 11.9 Å². The first-order valence-corrected chi connectivity index (χ1v) is 8.41. The van der Waals surface area contributed by atoms with Crippen molar-refractivity contribution in [2.24, 2.45) is 5.92 Å². The van der Waals surface area contributed by atoms with Gasteiger partial charge in [0.15, 0.2) is 0 Å². The zero-order valence-corrected chi connectivity index (χ0v) is 13.2. The lowest BCUT2D eigenvalue weighted by molar-refractivity contribution is -0.134. The first kappa shape index (κ1) is 14.0. The highest BCUT2D eigenvalue weighted by Gasteiger charge is 2.35. The molecule has 110 valence electrons. The molecule has 0 N–H and O–H groups in total. The predicted octanol–water partition coefficient (Wildman–Crippen LogP) is 2.28. The molecule has 1 saturated heterocycles. The number of nitrogens with zero attached hydrogens (tertiary/aromatic N) is 3. The molecular formula is C15H23N3OS. The van der Waals surface area contributed by atoms with E-state index < -0.39 is 0 Å². The third-order valence-corrected chi connectivity index (χ3v) is 5.25. The van der Waals surface area contributed by atoms with Crippen LogP contribution >= 0.6 is 11.3 Å². The minimum absolute atomic E-state index is 0.344. The summed E-state index contributed by atoms with van der Waals surface area (Å²) < 4.78 is 0. The standard InChI is InChI=1S/C15H23N3OS/c1-11-16-13(10-20-11)9-18-7-5-14(6-8-18)17(2)15(19)12-3-4-12/h10,12,14H,3-9H2,1-2H3. The van der Waals surface area contributed by atoms with Crippen LogP contribution in [0.2, 0.25) is 0 Å². The Labute approximate surface area is 124 Å². The van der Waals surface area contributed by atoms with Crippen molar-refractivity contribution in [1.29, 1.82) is 0 Å². The predicted molar refractivity (Wildman–Crippen MR) is 80.6 cm³/mol. The fourth-order valence-electron chi connectivity index (χ4n) is 2.97. The van der Waals surface area contributed by atoms with Gasteiger partial charge in [0.2, 0.25) is 5.91 Å². The van der Waals surface area contributed by atoms with Crippen LogP contribution in [-0.4, -0.2) is 46.9 Å². The summed E-state index contributed by atoms with van der Waals surface area (Å²) in [6.07, 6.45) is 4.40. The number of aromatic nitrogens is 1. The van der Waals surface area contributed by atoms with Crippen molar-refractivity contribution in [2.45, 2.75) is 45.2 Å². The minimum atomic E-state index is 0.344. The van der Waals surface area contributed by atoms with Crippen LogP contribution in [-0.2, 0) is 11.3 Å². The van der Waals surface area contributed by atoms with E-state index in [4.69, 9.17) is 0 Å². The number of thiazole rings is 1. The summed E-state index contributed by atoms with van der Waals surface area (Å²) >= 11 is 1.72. The number of amides is 1. The lowest BCUT2D eigenvalue weighted by atomic mass is 10.0. The zero-order valence-electron chi connectivity index (χ0n) is 12.3. The van der Waals surface area contributed by atoms with E-state index in [1.165, 1.54) is 5.69 Å². The number of rotatable bonds is 4. The van der Waals surface area contributed by atoms with Gasteiger partial charge in [-0.1, -0.05) is 0 Å². The third kappa shape index (κ3) is 3.20. The highest BCUT2D eigenvalue weighted by atomic mass is 32.1. The number of hydrogen-bond acceptors (Lipinski definition) is 4. The number of carbonyl (C=O) groups is 1. The Morgan fingerprint density at radius 1 is 1.40 bits per heavy atom. The topological polar surface area (TPSA) is 36.4 Å². The fourth-order valence-corrected chi connectivity index (χ4v) is 3.58. The van der Waals surface area contributed by atoms with Gasteiger partial charge in [-0.2, -0.15) is 0 Å². The van der Waals surface area contributed by atoms with E-state index in [-0.39, 0.29) is 0 Å². The Kier molecular flexibility index (Phi) is 4.08. The fraction of sp³-hybridized carbons (Fsp3) is 0.733. The Morgan fingerprint density at radius 2 is 2.10 bits per heavy atom. The molecule has 1 aliphatic heterocycles. The van der Waals surface area contributed by atoms with Crippen LogP contribution in [0, 0.1) is 12.8 Å². The molecule has 0 atom stereocenters. The first-order valence-electron chi connectivity index (χ1n) is 7.53. The molecule has 1 aromatic heterocycles. The first-order chi connectivity index (χ1) is 9.63. The van der Waals surface area contributed by atoms with Crippen molar-refractivity contribution >= 4 is 17.2 Å². The molecule has 0 unspecified atom stereocenters. The van der Waals surface area contributed by atoms with E-state index >= 15 is 0 Å². The summed E-state index contributed by atoms with van der Waals surface area (Å²) in [5, 5.41) is 3.30. The van der Waals surface area contributed by atoms with Gasteiger partial charge >= 0.3 is 0 Å². The van der Waals surface area contributed by atoms with Gasteiger partial charge in [-0.15, -0.1) is 11.3 Å². The number of piperidine rings is 1. The largest absolute Gasteiger partial charge is 0.342 e. The molecule has 2 aliphatic rings. The molecule has 0 radical (unpaired) electrons. The quantitative estimate of drug-likeness (QED) is 0.854. The Morgan fingerprint density at radius 3 is 2.65 bits per heavy atom. The van der Waals surface area contributed by atoms with E-state index in [2.05, 4.69) is 22.2 Å². The summed E-state index contributed by atoms with van der Waals surface area (Å²) in [7, 11) is 1.99. The molecule has 20 heavy (non-hydrogen) atoms. The molecule has 4 nitrogen and oxygen atoms in total. The van der Waals surface area contributed by atoms with Crippen LogP contribution in [0.4, 0.5) is 0 Å². The number of carbonyl (C=O) groups excluding carboxylic acids is 1. The van der Waals surface area contributed by atoms with Crippen LogP contribution < -0.4 is 0 Å². The maximum Gasteiger partial charge on any atom is 0.225 e. The smallest absolute Gasteiger partial charge is 0.225 e. The maximum absolute atomic E-state index is 12.1. The number of hydrogen-bond donors (Lipinski definition) is 0. The highest BCUT2D eigenvalue weighted by Crippen LogP contribution is 2.32. The minimum Gasteiger partial charge on any atom is -0.342 e. The van der Waals surface area contributed by atoms with Crippen molar-refractivity contribution < 1.29 is 4.79 Å². The molecule has 0 spiro atoms. The van der Waals surface area contributed by atoms with E-state index in [1.54, 1.807) is 11.3 Å². The van der Waals surface area contributed by atoms with Gasteiger partial charge in [0, 0.05) is 44.0 Å². The Balaban J connectivity index is 1.47. The van der Waals surface area contributed by atoms with E-state index in [0.717, 1.165) is 50.3 Å². The van der Waals surface area contributed by atoms with Crippen LogP contribution in [0.1, 0.15) is 36.4 Å². The molecule has 0 bridgehead atoms. The van der Waals surface area contributed by atoms with Crippen molar-refractivity contribution in [3.05, 3.63) is 16.1 Å². The normalized spacial score (nSPS) is 21.1. The second kappa shape index (κ2) is 5.82. The molecule has 1 aromatic rings. The zero-order chi connectivity index (χ0) is 14.1.